The zero-order valence-electron chi connectivity index (χ0n) is 54.7. The van der Waals surface area contributed by atoms with Crippen molar-refractivity contribution in [2.45, 2.75) is 270 Å². The molecular weight excluding hydrogens is 1090 g/mol. The fraction of sp³-hybridized carbons (Fsp3) is 0.773. The summed E-state index contributed by atoms with van der Waals surface area (Å²) in [6.07, 6.45) is 20.7. The molecule has 87 heavy (non-hydrogen) atoms. The second-order valence-electron chi connectivity index (χ2n) is 33.8. The number of aromatic amines is 1. The van der Waals surface area contributed by atoms with Crippen LogP contribution in [0.5, 0.6) is 0 Å². The van der Waals surface area contributed by atoms with Crippen molar-refractivity contribution < 1.29 is 44.3 Å². The summed E-state index contributed by atoms with van der Waals surface area (Å²) in [4.78, 5) is 52.0. The largest absolute Gasteiger partial charge is 0.393 e. The van der Waals surface area contributed by atoms with E-state index in [4.69, 9.17) is 9.47 Å². The minimum absolute atomic E-state index is 0.0510. The Morgan fingerprint density at radius 1 is 0.874 bits per heavy atom. The fourth-order valence-corrected chi connectivity index (χ4v) is 24.1. The first-order valence-electron chi connectivity index (χ1n) is 35.1. The molecule has 0 bridgehead atoms. The standard InChI is InChI=1S/C75H107N3O9/c1-43(2)18-19-45-32-49-50(33-47(44-16-12-11-13-17-44)34-53(49)75(85)27-30-86-31-28-75)57(62(45)83)51-40-78-41-52-58-59(68(5,36-55(81)65-67(3,4)87-65)24-20-46-39-77-60(51)61(46)78)54(80)37-70(58,7)71(8)42-73(22-14-15-23-73)66-69(6,26-29-76-10)56(82)38-74(25-21-48(79)35-74)72(66,9)64(71)63(52)84/h33-34,39-40,43-45,48,52,55,57,63-66,76-77,79,81,84-85H,11-32,35-38,41-42H2,1-10H3/t45-,48-,52-,55-,57+,63-,64+,65-,66+,68+,69-,70+,71+,72+,74+/m1/s1. The van der Waals surface area contributed by atoms with E-state index >= 15 is 14.4 Å². The quantitative estimate of drug-likeness (QED) is 0.0953. The lowest BCUT2D eigenvalue weighted by Crippen LogP contribution is -2.76. The molecule has 5 heterocycles. The van der Waals surface area contributed by atoms with Gasteiger partial charge in [-0.25, -0.2) is 0 Å². The number of aryl methyl sites for hydroxylation is 1. The van der Waals surface area contributed by atoms with Gasteiger partial charge in [-0.3, -0.25) is 14.4 Å². The second-order valence-corrected chi connectivity index (χ2v) is 33.8. The van der Waals surface area contributed by atoms with E-state index in [9.17, 15) is 20.4 Å². The summed E-state index contributed by atoms with van der Waals surface area (Å²) in [5.74, 6) is -0.304. The fourth-order valence-electron chi connectivity index (χ4n) is 24.1. The summed E-state index contributed by atoms with van der Waals surface area (Å²) in [5, 5.41) is 55.8. The average Bonchev–Trinajstić information content (AvgIpc) is 1.63. The van der Waals surface area contributed by atoms with Gasteiger partial charge in [0.05, 0.1) is 46.5 Å². The molecule has 2 saturated heterocycles. The van der Waals surface area contributed by atoms with E-state index < -0.39 is 73.8 Å². The van der Waals surface area contributed by atoms with Crippen molar-refractivity contribution in [1.82, 2.24) is 14.9 Å². The van der Waals surface area contributed by atoms with Crippen LogP contribution in [0.3, 0.4) is 0 Å². The number of rotatable bonds is 12. The maximum Gasteiger partial charge on any atom is 0.160 e. The van der Waals surface area contributed by atoms with Crippen molar-refractivity contribution in [2.24, 2.45) is 67.5 Å². The minimum Gasteiger partial charge on any atom is -0.393 e. The number of nitrogens with one attached hydrogen (secondary N) is 2. The van der Waals surface area contributed by atoms with Gasteiger partial charge in [-0.15, -0.1) is 0 Å². The van der Waals surface area contributed by atoms with Crippen LogP contribution in [-0.2, 0) is 48.8 Å². The highest BCUT2D eigenvalue weighted by Crippen LogP contribution is 2.84. The number of H-pyrrole nitrogens is 1. The normalized spacial score (nSPS) is 40.7. The molecule has 476 valence electrons. The number of carbonyl (C=O) groups excluding carboxylic acids is 3. The number of Topliss-reactive ketones (excluding diaryl/α,β-unsaturated/α-hetero) is 3. The first-order valence-corrected chi connectivity index (χ1v) is 35.1. The minimum atomic E-state index is -1.07. The molecule has 6 saturated carbocycles. The third-order valence-corrected chi connectivity index (χ3v) is 28.2. The number of aliphatic hydroxyl groups is 4. The summed E-state index contributed by atoms with van der Waals surface area (Å²) in [6.45, 7) is 22.5. The Morgan fingerprint density at radius 2 is 1.60 bits per heavy atom. The molecule has 3 aliphatic heterocycles. The van der Waals surface area contributed by atoms with Gasteiger partial charge in [-0.1, -0.05) is 99.1 Å². The molecule has 11 aliphatic rings. The number of ketones is 3. The lowest BCUT2D eigenvalue weighted by molar-refractivity contribution is -0.300. The van der Waals surface area contributed by atoms with E-state index in [-0.39, 0.29) is 40.8 Å². The van der Waals surface area contributed by atoms with Crippen LogP contribution in [-0.4, -0.2) is 104 Å². The van der Waals surface area contributed by atoms with Gasteiger partial charge in [0, 0.05) is 91.6 Å². The number of nitrogens with zero attached hydrogens (tertiary/aromatic N) is 1. The number of aromatic nitrogens is 2. The van der Waals surface area contributed by atoms with Gasteiger partial charge < -0.3 is 44.8 Å². The Labute approximate surface area is 518 Å². The lowest BCUT2D eigenvalue weighted by atomic mass is 9.26. The van der Waals surface area contributed by atoms with Crippen molar-refractivity contribution in [3.63, 3.8) is 0 Å². The number of carbonyl (C=O) groups is 3. The highest BCUT2D eigenvalue weighted by molar-refractivity contribution is 6.02. The predicted octanol–water partition coefficient (Wildman–Crippen LogP) is 12.8. The van der Waals surface area contributed by atoms with Crippen molar-refractivity contribution in [2.75, 3.05) is 26.8 Å². The summed E-state index contributed by atoms with van der Waals surface area (Å²) in [5.41, 5.74) is 4.63. The first kappa shape index (κ1) is 61.0. The maximum atomic E-state index is 16.3. The van der Waals surface area contributed by atoms with Crippen LogP contribution in [0.1, 0.15) is 249 Å². The molecule has 14 rings (SSSR count). The summed E-state index contributed by atoms with van der Waals surface area (Å²) in [6, 6.07) is 4.75. The van der Waals surface area contributed by atoms with E-state index in [0.717, 1.165) is 114 Å². The van der Waals surface area contributed by atoms with Gasteiger partial charge in [0.25, 0.3) is 0 Å². The van der Waals surface area contributed by atoms with Crippen LogP contribution in [0.25, 0.3) is 11.0 Å². The monoisotopic (exact) mass is 1190 g/mol. The van der Waals surface area contributed by atoms with E-state index in [1.807, 2.05) is 20.9 Å². The van der Waals surface area contributed by atoms with E-state index in [1.54, 1.807) is 0 Å². The molecule has 0 unspecified atom stereocenters. The number of aliphatic hydroxyl groups excluding tert-OH is 3. The average molecular weight is 1190 g/mol. The summed E-state index contributed by atoms with van der Waals surface area (Å²) >= 11 is 0. The van der Waals surface area contributed by atoms with Gasteiger partial charge in [-0.05, 0) is 201 Å². The van der Waals surface area contributed by atoms with Gasteiger partial charge in [0.15, 0.2) is 5.78 Å². The molecule has 6 N–H and O–H groups in total. The number of hydrogen-bond donors (Lipinski definition) is 6. The van der Waals surface area contributed by atoms with Gasteiger partial charge in [0.2, 0.25) is 0 Å². The van der Waals surface area contributed by atoms with Crippen molar-refractivity contribution in [1.29, 1.82) is 0 Å². The molecule has 2 spiro atoms. The second kappa shape index (κ2) is 21.0. The predicted molar refractivity (Wildman–Crippen MR) is 338 cm³/mol. The van der Waals surface area contributed by atoms with E-state index in [0.29, 0.717) is 115 Å². The highest BCUT2D eigenvalue weighted by Gasteiger charge is 2.81. The van der Waals surface area contributed by atoms with Crippen LogP contribution in [0, 0.1) is 67.5 Å². The summed E-state index contributed by atoms with van der Waals surface area (Å²) < 4.78 is 14.6. The Hall–Kier alpha value is -3.49. The molecule has 12 nitrogen and oxygen atoms in total. The smallest absolute Gasteiger partial charge is 0.160 e. The third kappa shape index (κ3) is 8.87. The van der Waals surface area contributed by atoms with Crippen molar-refractivity contribution in [3.05, 3.63) is 69.1 Å². The number of ether oxygens (including phenoxy) is 2. The molecule has 1 aromatic carbocycles. The van der Waals surface area contributed by atoms with Crippen LogP contribution in [0.4, 0.5) is 0 Å². The van der Waals surface area contributed by atoms with Crippen LogP contribution < -0.4 is 5.32 Å². The van der Waals surface area contributed by atoms with Crippen LogP contribution in [0.2, 0.25) is 0 Å². The molecule has 2 aromatic heterocycles. The molecule has 15 atom stereocenters. The van der Waals surface area contributed by atoms with Crippen molar-refractivity contribution >= 4 is 28.4 Å². The Morgan fingerprint density at radius 3 is 2.26 bits per heavy atom. The van der Waals surface area contributed by atoms with E-state index in [2.05, 4.69) is 87.9 Å². The highest BCUT2D eigenvalue weighted by atomic mass is 16.6. The maximum absolute atomic E-state index is 16.3. The molecular formula is C75H107N3O9. The molecule has 8 fully saturated rings. The number of benzene rings is 1. The van der Waals surface area contributed by atoms with Crippen LogP contribution in [0.15, 0.2) is 35.7 Å². The lowest BCUT2D eigenvalue weighted by Gasteiger charge is -2.78. The number of hydrogen-bond acceptors (Lipinski definition) is 10. The Balaban J connectivity index is 0.997. The molecule has 12 heteroatoms. The number of fused-ring (bicyclic) bond motifs is 7. The van der Waals surface area contributed by atoms with Crippen molar-refractivity contribution in [3.8, 4) is 0 Å². The third-order valence-electron chi connectivity index (χ3n) is 28.2. The zero-order valence-corrected chi connectivity index (χ0v) is 54.7. The van der Waals surface area contributed by atoms with E-state index in [1.165, 1.54) is 24.8 Å². The molecule has 3 aromatic rings. The van der Waals surface area contributed by atoms with Gasteiger partial charge >= 0.3 is 0 Å². The zero-order chi connectivity index (χ0) is 61.4. The Bertz CT molecular complexity index is 3280. The summed E-state index contributed by atoms with van der Waals surface area (Å²) in [7, 11) is 1.99. The molecule has 8 aliphatic carbocycles. The molecule has 0 amide bonds. The van der Waals surface area contributed by atoms with Gasteiger partial charge in [0.1, 0.15) is 17.7 Å². The SMILES string of the molecule is CNCC[C@]1(C)C(=O)C[C@@]2(CC[C@@H](O)C2)[C@@]2(C)[C@H]3[C@H](O)[C@@H]4Cn5cc([C@H]6C(=O)[C@H](CCC(C)C)Cc7c6cc(C6CCCCC6)cc7C6(O)CCOCC6)c6[nH]cc(c65)CC[C@@](C)(C[C@@H](O)[C@H]5OC5(C)C)C5=C4[C@](C)(CC5=O)[C@@]3(C)CC3(CCCC3)[C@H]21. The van der Waals surface area contributed by atoms with Gasteiger partial charge in [-0.2, -0.15) is 0 Å². The number of epoxide rings is 1. The molecule has 0 radical (unpaired) electrons. The Kier molecular flexibility index (Phi) is 14.7. The van der Waals surface area contributed by atoms with Crippen LogP contribution >= 0.6 is 0 Å². The topological polar surface area (TPSA) is 187 Å². The first-order chi connectivity index (χ1) is 41.2. The number of allylic oxidation sites excluding steroid dienone is 1.